The normalized spacial score (nSPS) is 9.77. The summed E-state index contributed by atoms with van der Waals surface area (Å²) in [4.78, 5) is 15.1. The number of carbonyl (C=O) groups excluding carboxylic acids is 1. The minimum Gasteiger partial charge on any atom is -0.462 e. The van der Waals surface area contributed by atoms with E-state index in [1.165, 1.54) is 12.4 Å². The Kier molecular flexibility index (Phi) is 3.25. The number of esters is 1. The molecule has 0 amide bonds. The summed E-state index contributed by atoms with van der Waals surface area (Å²) in [6.07, 6.45) is 2.96. The van der Waals surface area contributed by atoms with Crippen LogP contribution in [0.5, 0.6) is 0 Å². The molecule has 1 aromatic heterocycles. The Hall–Kier alpha value is -1.09. The lowest BCUT2D eigenvalue weighted by molar-refractivity contribution is 0.0525. The first-order valence-electron chi connectivity index (χ1n) is 3.94. The van der Waals surface area contributed by atoms with Crippen LogP contribution in [-0.4, -0.2) is 17.6 Å². The molecule has 0 aliphatic rings. The van der Waals surface area contributed by atoms with Crippen molar-refractivity contribution < 1.29 is 9.53 Å². The van der Waals surface area contributed by atoms with Crippen LogP contribution in [-0.2, 0) is 4.74 Å². The molecule has 4 heteroatoms. The molecule has 1 aromatic rings. The molecule has 1 rings (SSSR count). The number of carbonyl (C=O) groups is 1. The van der Waals surface area contributed by atoms with Crippen LogP contribution in [0.3, 0.4) is 0 Å². The van der Waals surface area contributed by atoms with E-state index in [2.05, 4.69) is 4.98 Å². The van der Waals surface area contributed by atoms with Gasteiger partial charge in [-0.3, -0.25) is 4.98 Å². The Morgan fingerprint density at radius 2 is 2.31 bits per heavy atom. The third-order valence-corrected chi connectivity index (χ3v) is 2.03. The fraction of sp³-hybridized carbons (Fsp3) is 0.333. The molecule has 0 radical (unpaired) electrons. The van der Waals surface area contributed by atoms with Crippen LogP contribution in [0.2, 0.25) is 5.02 Å². The Morgan fingerprint density at radius 3 is 2.92 bits per heavy atom. The van der Waals surface area contributed by atoms with Gasteiger partial charge in [0.15, 0.2) is 0 Å². The maximum Gasteiger partial charge on any atom is 0.340 e. The molecule has 13 heavy (non-hydrogen) atoms. The highest BCUT2D eigenvalue weighted by molar-refractivity contribution is 6.31. The van der Waals surface area contributed by atoms with Crippen molar-refractivity contribution in [3.63, 3.8) is 0 Å². The monoisotopic (exact) mass is 199 g/mol. The van der Waals surface area contributed by atoms with Crippen molar-refractivity contribution >= 4 is 17.6 Å². The van der Waals surface area contributed by atoms with Crippen molar-refractivity contribution in [1.29, 1.82) is 0 Å². The predicted molar refractivity (Wildman–Crippen MR) is 49.9 cm³/mol. The van der Waals surface area contributed by atoms with Crippen molar-refractivity contribution in [2.24, 2.45) is 0 Å². The molecule has 0 aromatic carbocycles. The van der Waals surface area contributed by atoms with Crippen molar-refractivity contribution in [2.45, 2.75) is 13.8 Å². The maximum atomic E-state index is 11.3. The van der Waals surface area contributed by atoms with Crippen molar-refractivity contribution in [3.05, 3.63) is 28.5 Å². The van der Waals surface area contributed by atoms with E-state index < -0.39 is 0 Å². The number of aromatic nitrogens is 1. The number of pyridine rings is 1. The first kappa shape index (κ1) is 9.99. The zero-order valence-corrected chi connectivity index (χ0v) is 8.26. The molecule has 3 nitrogen and oxygen atoms in total. The summed E-state index contributed by atoms with van der Waals surface area (Å²) in [5.41, 5.74) is 1.13. The van der Waals surface area contributed by atoms with Crippen LogP contribution in [0, 0.1) is 6.92 Å². The second kappa shape index (κ2) is 4.23. The Bertz CT molecular complexity index is 325. The standard InChI is InChI=1S/C9H10ClNO2/c1-3-13-9(12)7-4-11-5-8(10)6(7)2/h4-5H,3H2,1-2H3. The van der Waals surface area contributed by atoms with Gasteiger partial charge in [-0.15, -0.1) is 0 Å². The van der Waals surface area contributed by atoms with Crippen LogP contribution < -0.4 is 0 Å². The summed E-state index contributed by atoms with van der Waals surface area (Å²) < 4.78 is 4.83. The first-order valence-corrected chi connectivity index (χ1v) is 4.31. The fourth-order valence-electron chi connectivity index (χ4n) is 0.914. The molecular weight excluding hydrogens is 190 g/mol. The summed E-state index contributed by atoms with van der Waals surface area (Å²) in [5.74, 6) is -0.380. The molecule has 0 fully saturated rings. The number of hydrogen-bond donors (Lipinski definition) is 0. The lowest BCUT2D eigenvalue weighted by Crippen LogP contribution is -2.07. The van der Waals surface area contributed by atoms with E-state index in [9.17, 15) is 4.79 Å². The third kappa shape index (κ3) is 2.18. The Balaban J connectivity index is 3.01. The van der Waals surface area contributed by atoms with E-state index in [0.717, 1.165) is 0 Å². The highest BCUT2D eigenvalue weighted by Crippen LogP contribution is 2.17. The number of hydrogen-bond acceptors (Lipinski definition) is 3. The topological polar surface area (TPSA) is 39.2 Å². The van der Waals surface area contributed by atoms with Crippen molar-refractivity contribution in [2.75, 3.05) is 6.61 Å². The number of rotatable bonds is 2. The summed E-state index contributed by atoms with van der Waals surface area (Å²) in [6, 6.07) is 0. The zero-order valence-electron chi connectivity index (χ0n) is 7.50. The SMILES string of the molecule is CCOC(=O)c1cncc(Cl)c1C. The van der Waals surface area contributed by atoms with E-state index in [4.69, 9.17) is 16.3 Å². The van der Waals surface area contributed by atoms with Gasteiger partial charge in [-0.1, -0.05) is 11.6 Å². The number of halogens is 1. The van der Waals surface area contributed by atoms with Gasteiger partial charge in [-0.25, -0.2) is 4.79 Å². The molecule has 0 aliphatic heterocycles. The molecule has 0 atom stereocenters. The van der Waals surface area contributed by atoms with Gasteiger partial charge >= 0.3 is 5.97 Å². The average Bonchev–Trinajstić information content (AvgIpc) is 2.10. The summed E-state index contributed by atoms with van der Waals surface area (Å²) in [5, 5.41) is 0.477. The van der Waals surface area contributed by atoms with Gasteiger partial charge in [-0.05, 0) is 19.4 Å². The predicted octanol–water partition coefficient (Wildman–Crippen LogP) is 2.22. The molecular formula is C9H10ClNO2. The largest absolute Gasteiger partial charge is 0.462 e. The van der Waals surface area contributed by atoms with Gasteiger partial charge in [0, 0.05) is 12.4 Å². The van der Waals surface area contributed by atoms with Gasteiger partial charge < -0.3 is 4.74 Å². The highest BCUT2D eigenvalue weighted by Gasteiger charge is 2.11. The number of nitrogens with zero attached hydrogens (tertiary/aromatic N) is 1. The molecule has 0 saturated carbocycles. The quantitative estimate of drug-likeness (QED) is 0.686. The summed E-state index contributed by atoms with van der Waals surface area (Å²) >= 11 is 5.79. The van der Waals surface area contributed by atoms with E-state index >= 15 is 0 Å². The average molecular weight is 200 g/mol. The van der Waals surface area contributed by atoms with Crippen molar-refractivity contribution in [3.8, 4) is 0 Å². The van der Waals surface area contributed by atoms with E-state index in [1.54, 1.807) is 13.8 Å². The molecule has 0 saturated heterocycles. The van der Waals surface area contributed by atoms with Crippen LogP contribution in [0.4, 0.5) is 0 Å². The van der Waals surface area contributed by atoms with Gasteiger partial charge in [0.2, 0.25) is 0 Å². The molecule has 0 N–H and O–H groups in total. The molecule has 0 unspecified atom stereocenters. The van der Waals surface area contributed by atoms with Crippen LogP contribution in [0.15, 0.2) is 12.4 Å². The second-order valence-electron chi connectivity index (χ2n) is 2.51. The molecule has 0 spiro atoms. The van der Waals surface area contributed by atoms with Gasteiger partial charge in [0.05, 0.1) is 17.2 Å². The fourth-order valence-corrected chi connectivity index (χ4v) is 1.07. The number of ether oxygens (including phenoxy) is 1. The zero-order chi connectivity index (χ0) is 9.84. The lowest BCUT2D eigenvalue weighted by Gasteiger charge is -2.05. The molecule has 0 bridgehead atoms. The minimum absolute atomic E-state index is 0.352. The van der Waals surface area contributed by atoms with Gasteiger partial charge in [-0.2, -0.15) is 0 Å². The van der Waals surface area contributed by atoms with E-state index in [-0.39, 0.29) is 5.97 Å². The first-order chi connectivity index (χ1) is 6.16. The maximum absolute atomic E-state index is 11.3. The lowest BCUT2D eigenvalue weighted by atomic mass is 10.2. The molecule has 70 valence electrons. The molecule has 1 heterocycles. The van der Waals surface area contributed by atoms with Crippen LogP contribution in [0.1, 0.15) is 22.8 Å². The minimum atomic E-state index is -0.380. The van der Waals surface area contributed by atoms with Crippen LogP contribution in [0.25, 0.3) is 0 Å². The van der Waals surface area contributed by atoms with Gasteiger partial charge in [0.25, 0.3) is 0 Å². The Morgan fingerprint density at radius 1 is 1.62 bits per heavy atom. The highest BCUT2D eigenvalue weighted by atomic mass is 35.5. The van der Waals surface area contributed by atoms with Crippen molar-refractivity contribution in [1.82, 2.24) is 4.98 Å². The second-order valence-corrected chi connectivity index (χ2v) is 2.92. The smallest absolute Gasteiger partial charge is 0.340 e. The Labute approximate surface area is 81.7 Å². The van der Waals surface area contributed by atoms with Crippen LogP contribution >= 0.6 is 11.6 Å². The molecule has 0 aliphatic carbocycles. The van der Waals surface area contributed by atoms with E-state index in [1.807, 2.05) is 0 Å². The van der Waals surface area contributed by atoms with Gasteiger partial charge in [0.1, 0.15) is 0 Å². The third-order valence-electron chi connectivity index (χ3n) is 1.65. The summed E-state index contributed by atoms with van der Waals surface area (Å²) in [6.45, 7) is 3.87. The van der Waals surface area contributed by atoms with E-state index in [0.29, 0.717) is 22.8 Å². The summed E-state index contributed by atoms with van der Waals surface area (Å²) in [7, 11) is 0.